The molecule has 0 bridgehead atoms. The van der Waals surface area contributed by atoms with Gasteiger partial charge in [-0.15, -0.1) is 0 Å². The quantitative estimate of drug-likeness (QED) is 0.378. The highest BCUT2D eigenvalue weighted by atomic mass is 32.2. The molecule has 0 spiro atoms. The average molecular weight is 464 g/mol. The van der Waals surface area contributed by atoms with Crippen LogP contribution in [-0.4, -0.2) is 19.5 Å². The number of fused-ring (bicyclic) bond motifs is 1. The van der Waals surface area contributed by atoms with Crippen LogP contribution in [0.3, 0.4) is 0 Å². The van der Waals surface area contributed by atoms with Crippen molar-refractivity contribution in [3.05, 3.63) is 76.8 Å². The third-order valence-corrected chi connectivity index (χ3v) is 7.70. The molecule has 0 aliphatic heterocycles. The SMILES string of the molecule is CCS(=N)(=O)c1ccc(Oc2ccc(C(C)(C)C)cc2)c(-c2cn(C)c(=O)c3[nH]ccc23)c1. The highest BCUT2D eigenvalue weighted by Crippen LogP contribution is 2.38. The van der Waals surface area contributed by atoms with E-state index in [9.17, 15) is 9.00 Å². The third kappa shape index (κ3) is 4.33. The summed E-state index contributed by atoms with van der Waals surface area (Å²) in [5.41, 5.74) is 3.04. The van der Waals surface area contributed by atoms with Crippen LogP contribution in [0.1, 0.15) is 33.3 Å². The predicted molar refractivity (Wildman–Crippen MR) is 134 cm³/mol. The van der Waals surface area contributed by atoms with Crippen molar-refractivity contribution in [2.24, 2.45) is 7.05 Å². The summed E-state index contributed by atoms with van der Waals surface area (Å²) >= 11 is 0. The van der Waals surface area contributed by atoms with Crippen LogP contribution in [0.25, 0.3) is 22.0 Å². The molecule has 0 saturated heterocycles. The van der Waals surface area contributed by atoms with Crippen molar-refractivity contribution in [1.82, 2.24) is 9.55 Å². The minimum Gasteiger partial charge on any atom is -0.457 e. The van der Waals surface area contributed by atoms with Crippen LogP contribution >= 0.6 is 0 Å². The minimum absolute atomic E-state index is 0.0363. The van der Waals surface area contributed by atoms with E-state index >= 15 is 0 Å². The lowest BCUT2D eigenvalue weighted by Crippen LogP contribution is -2.16. The minimum atomic E-state index is -2.93. The van der Waals surface area contributed by atoms with Crippen molar-refractivity contribution in [2.45, 2.75) is 38.0 Å². The fraction of sp³-hybridized carbons (Fsp3) is 0.269. The van der Waals surface area contributed by atoms with Crippen molar-refractivity contribution in [2.75, 3.05) is 5.75 Å². The number of nitrogens with zero attached hydrogens (tertiary/aromatic N) is 1. The second-order valence-electron chi connectivity index (χ2n) is 9.22. The van der Waals surface area contributed by atoms with E-state index in [0.717, 1.165) is 10.9 Å². The van der Waals surface area contributed by atoms with Gasteiger partial charge in [0.25, 0.3) is 5.56 Å². The Labute approximate surface area is 194 Å². The zero-order valence-electron chi connectivity index (χ0n) is 19.6. The summed E-state index contributed by atoms with van der Waals surface area (Å²) in [7, 11) is -1.23. The van der Waals surface area contributed by atoms with Crippen LogP contribution in [0.4, 0.5) is 0 Å². The van der Waals surface area contributed by atoms with Crippen molar-refractivity contribution in [1.29, 1.82) is 4.78 Å². The van der Waals surface area contributed by atoms with Gasteiger partial charge < -0.3 is 14.3 Å². The highest BCUT2D eigenvalue weighted by molar-refractivity contribution is 7.92. The molecule has 0 aliphatic carbocycles. The number of H-pyrrole nitrogens is 1. The van der Waals surface area contributed by atoms with E-state index in [1.54, 1.807) is 44.6 Å². The van der Waals surface area contributed by atoms with E-state index in [4.69, 9.17) is 9.52 Å². The molecule has 0 amide bonds. The standard InChI is InChI=1S/C26H29N3O3S/c1-6-33(27,31)19-11-12-23(32-18-9-7-17(8-10-18)26(2,3)4)21(15-19)22-16-29(5)25(30)24-20(22)13-14-28-24/h7-16,27-28H,6H2,1-5H3. The summed E-state index contributed by atoms with van der Waals surface area (Å²) in [5, 5.41) is 0.746. The number of aryl methyl sites for hydroxylation is 1. The summed E-state index contributed by atoms with van der Waals surface area (Å²) in [6, 6.07) is 15.0. The predicted octanol–water partition coefficient (Wildman–Crippen LogP) is 6.05. The molecule has 0 aliphatic rings. The zero-order valence-corrected chi connectivity index (χ0v) is 20.4. The Morgan fingerprint density at radius 1 is 1.06 bits per heavy atom. The molecule has 2 N–H and O–H groups in total. The van der Waals surface area contributed by atoms with Crippen LogP contribution < -0.4 is 10.3 Å². The monoisotopic (exact) mass is 463 g/mol. The summed E-state index contributed by atoms with van der Waals surface area (Å²) in [4.78, 5) is 16.0. The van der Waals surface area contributed by atoms with Crippen LogP contribution in [0.15, 0.2) is 70.6 Å². The van der Waals surface area contributed by atoms with Crippen LogP contribution in [0, 0.1) is 4.78 Å². The number of benzene rings is 2. The lowest BCUT2D eigenvalue weighted by Gasteiger charge is -2.20. The van der Waals surface area contributed by atoms with E-state index in [2.05, 4.69) is 25.8 Å². The van der Waals surface area contributed by atoms with Crippen LogP contribution in [0.5, 0.6) is 11.5 Å². The first kappa shape index (κ1) is 22.9. The van der Waals surface area contributed by atoms with Crippen LogP contribution in [-0.2, 0) is 22.2 Å². The first-order valence-electron chi connectivity index (χ1n) is 10.9. The number of nitrogens with one attached hydrogen (secondary N) is 2. The molecule has 2 aromatic heterocycles. The molecule has 33 heavy (non-hydrogen) atoms. The van der Waals surface area contributed by atoms with E-state index in [1.165, 1.54) is 10.1 Å². The number of rotatable bonds is 5. The number of hydrogen-bond donors (Lipinski definition) is 2. The molecule has 4 rings (SSSR count). The van der Waals surface area contributed by atoms with E-state index in [1.807, 2.05) is 30.3 Å². The second kappa shape index (κ2) is 8.23. The molecule has 7 heteroatoms. The Kier molecular flexibility index (Phi) is 5.70. The first-order valence-corrected chi connectivity index (χ1v) is 12.6. The normalized spacial score (nSPS) is 13.7. The van der Waals surface area contributed by atoms with Crippen molar-refractivity contribution in [3.8, 4) is 22.6 Å². The molecule has 0 saturated carbocycles. The van der Waals surface area contributed by atoms with Gasteiger partial charge in [0.15, 0.2) is 0 Å². The summed E-state index contributed by atoms with van der Waals surface area (Å²) in [5.74, 6) is 1.46. The maximum absolute atomic E-state index is 12.8. The van der Waals surface area contributed by atoms with Gasteiger partial charge in [-0.3, -0.25) is 4.79 Å². The van der Waals surface area contributed by atoms with E-state index in [0.29, 0.717) is 27.5 Å². The van der Waals surface area contributed by atoms with Gasteiger partial charge in [-0.25, -0.2) is 8.99 Å². The Morgan fingerprint density at radius 3 is 2.39 bits per heavy atom. The number of ether oxygens (including phenoxy) is 1. The maximum atomic E-state index is 12.8. The molecule has 0 fully saturated rings. The van der Waals surface area contributed by atoms with E-state index in [-0.39, 0.29) is 16.7 Å². The molecular weight excluding hydrogens is 434 g/mol. The van der Waals surface area contributed by atoms with Gasteiger partial charge in [0, 0.05) is 46.6 Å². The molecule has 4 aromatic rings. The van der Waals surface area contributed by atoms with Gasteiger partial charge in [0.05, 0.1) is 9.73 Å². The molecule has 1 atom stereocenters. The molecule has 172 valence electrons. The molecule has 6 nitrogen and oxygen atoms in total. The van der Waals surface area contributed by atoms with Gasteiger partial charge in [-0.1, -0.05) is 39.8 Å². The van der Waals surface area contributed by atoms with Gasteiger partial charge >= 0.3 is 0 Å². The van der Waals surface area contributed by atoms with E-state index < -0.39 is 9.73 Å². The molecule has 1 unspecified atom stereocenters. The summed E-state index contributed by atoms with van der Waals surface area (Å²) in [6.07, 6.45) is 3.48. The molecule has 2 aromatic carbocycles. The van der Waals surface area contributed by atoms with Crippen molar-refractivity contribution >= 4 is 20.6 Å². The van der Waals surface area contributed by atoms with Gasteiger partial charge in [0.2, 0.25) is 0 Å². The lowest BCUT2D eigenvalue weighted by atomic mass is 9.87. The maximum Gasteiger partial charge on any atom is 0.274 e. The lowest BCUT2D eigenvalue weighted by molar-refractivity contribution is 0.483. The Bertz CT molecular complexity index is 1490. The van der Waals surface area contributed by atoms with Crippen molar-refractivity contribution < 1.29 is 8.95 Å². The molecule has 0 radical (unpaired) electrons. The first-order chi connectivity index (χ1) is 15.5. The second-order valence-corrected chi connectivity index (χ2v) is 11.6. The molecular formula is C26H29N3O3S. The smallest absolute Gasteiger partial charge is 0.274 e. The third-order valence-electron chi connectivity index (χ3n) is 5.87. The zero-order chi connectivity index (χ0) is 24.0. The van der Waals surface area contributed by atoms with Crippen molar-refractivity contribution in [3.63, 3.8) is 0 Å². The van der Waals surface area contributed by atoms with Crippen LogP contribution in [0.2, 0.25) is 0 Å². The number of pyridine rings is 1. The fourth-order valence-electron chi connectivity index (χ4n) is 3.81. The Hall–Kier alpha value is -3.32. The highest BCUT2D eigenvalue weighted by Gasteiger charge is 2.19. The summed E-state index contributed by atoms with van der Waals surface area (Å²) < 4.78 is 28.9. The fourth-order valence-corrected chi connectivity index (χ4v) is 4.74. The van der Waals surface area contributed by atoms with Gasteiger partial charge in [0.1, 0.15) is 17.0 Å². The largest absolute Gasteiger partial charge is 0.457 e. The number of aromatic amines is 1. The molecule has 2 heterocycles. The topological polar surface area (TPSA) is 87.9 Å². The Morgan fingerprint density at radius 2 is 1.76 bits per heavy atom. The Balaban J connectivity index is 1.90. The van der Waals surface area contributed by atoms with Gasteiger partial charge in [-0.05, 0) is 47.4 Å². The number of aromatic nitrogens is 2. The number of hydrogen-bond acceptors (Lipinski definition) is 4. The van der Waals surface area contributed by atoms with Gasteiger partial charge in [-0.2, -0.15) is 0 Å². The summed E-state index contributed by atoms with van der Waals surface area (Å²) in [6.45, 7) is 8.22. The average Bonchev–Trinajstić information content (AvgIpc) is 3.26.